The largest absolute Gasteiger partial charge is 0.251 e. The van der Waals surface area contributed by atoms with Gasteiger partial charge in [-0.15, -0.1) is 0 Å². The molecule has 0 atom stereocenters. The van der Waals surface area contributed by atoms with Crippen molar-refractivity contribution in [3.05, 3.63) is 0 Å². The third-order valence-corrected chi connectivity index (χ3v) is 2.20. The first-order chi connectivity index (χ1) is 3.43. The van der Waals surface area contributed by atoms with Gasteiger partial charge in [-0.1, -0.05) is 11.9 Å². The molecule has 0 aromatic rings. The van der Waals surface area contributed by atoms with Crippen LogP contribution in [0, 0.1) is 0 Å². The van der Waals surface area contributed by atoms with Gasteiger partial charge in [-0.25, -0.2) is 0 Å². The van der Waals surface area contributed by atoms with Crippen LogP contribution in [-0.4, -0.2) is 23.7 Å². The highest BCUT2D eigenvalue weighted by Gasteiger charge is 2.07. The SMILES string of the molecule is CSN1CCCC1. The molecule has 0 aromatic carbocycles. The van der Waals surface area contributed by atoms with Gasteiger partial charge in [0, 0.05) is 13.1 Å². The van der Waals surface area contributed by atoms with Crippen LogP contribution in [0.2, 0.25) is 0 Å². The molecule has 1 fully saturated rings. The molecule has 0 spiro atoms. The Hall–Kier alpha value is 0.310. The molecule has 0 bridgehead atoms. The smallest absolute Gasteiger partial charge is 0.00897 e. The van der Waals surface area contributed by atoms with Crippen molar-refractivity contribution in [3.63, 3.8) is 0 Å². The fraction of sp³-hybridized carbons (Fsp3) is 1.00. The molecule has 2 heteroatoms. The second-order valence-corrected chi connectivity index (χ2v) is 2.70. The lowest BCUT2D eigenvalue weighted by Crippen LogP contribution is -2.07. The standard InChI is InChI=1S/C5H11NS/c1-7-6-4-2-3-5-6/h2-5H2,1H3. The molecule has 1 nitrogen and oxygen atoms in total. The third-order valence-electron chi connectivity index (χ3n) is 1.32. The van der Waals surface area contributed by atoms with E-state index in [1.54, 1.807) is 0 Å². The molecule has 0 N–H and O–H groups in total. The molecule has 0 radical (unpaired) electrons. The molecule has 0 amide bonds. The van der Waals surface area contributed by atoms with E-state index in [-0.39, 0.29) is 0 Å². The Kier molecular flexibility index (Phi) is 2.00. The third kappa shape index (κ3) is 1.35. The van der Waals surface area contributed by atoms with Crippen LogP contribution in [0.4, 0.5) is 0 Å². The summed E-state index contributed by atoms with van der Waals surface area (Å²) in [5.74, 6) is 0. The van der Waals surface area contributed by atoms with Crippen LogP contribution in [0.1, 0.15) is 12.8 Å². The topological polar surface area (TPSA) is 3.24 Å². The molecular weight excluding hydrogens is 106 g/mol. The summed E-state index contributed by atoms with van der Waals surface area (Å²) in [5, 5.41) is 0. The Labute approximate surface area is 49.2 Å². The molecule has 42 valence electrons. The summed E-state index contributed by atoms with van der Waals surface area (Å²) in [4.78, 5) is 0. The van der Waals surface area contributed by atoms with Crippen molar-refractivity contribution in [2.75, 3.05) is 19.3 Å². The minimum absolute atomic E-state index is 1.31. The van der Waals surface area contributed by atoms with Crippen LogP contribution < -0.4 is 0 Å². The van der Waals surface area contributed by atoms with Crippen LogP contribution >= 0.6 is 11.9 Å². The summed E-state index contributed by atoms with van der Waals surface area (Å²) in [6, 6.07) is 0. The van der Waals surface area contributed by atoms with Gasteiger partial charge >= 0.3 is 0 Å². The highest BCUT2D eigenvalue weighted by atomic mass is 32.2. The maximum atomic E-state index is 2.40. The van der Waals surface area contributed by atoms with Gasteiger partial charge < -0.3 is 0 Å². The van der Waals surface area contributed by atoms with Gasteiger partial charge in [-0.3, -0.25) is 4.31 Å². The average Bonchev–Trinajstić information content (AvgIpc) is 2.14. The molecule has 0 aliphatic carbocycles. The minimum Gasteiger partial charge on any atom is -0.251 e. The van der Waals surface area contributed by atoms with Crippen molar-refractivity contribution in [2.45, 2.75) is 12.8 Å². The predicted molar refractivity (Wildman–Crippen MR) is 34.3 cm³/mol. The first kappa shape index (κ1) is 5.45. The van der Waals surface area contributed by atoms with E-state index in [2.05, 4.69) is 10.6 Å². The molecule has 1 heterocycles. The van der Waals surface area contributed by atoms with E-state index in [0.717, 1.165) is 0 Å². The fourth-order valence-corrected chi connectivity index (χ4v) is 1.49. The maximum absolute atomic E-state index is 2.40. The fourth-order valence-electron chi connectivity index (χ4n) is 0.871. The van der Waals surface area contributed by atoms with E-state index in [4.69, 9.17) is 0 Å². The Balaban J connectivity index is 2.14. The summed E-state index contributed by atoms with van der Waals surface area (Å²) in [6.45, 7) is 2.61. The number of hydrogen-bond donors (Lipinski definition) is 0. The van der Waals surface area contributed by atoms with Crippen LogP contribution in [0.15, 0.2) is 0 Å². The van der Waals surface area contributed by atoms with Gasteiger partial charge in [-0.2, -0.15) is 0 Å². The van der Waals surface area contributed by atoms with Crippen LogP contribution in [-0.2, 0) is 0 Å². The Morgan fingerprint density at radius 1 is 1.29 bits per heavy atom. The number of hydrogen-bond acceptors (Lipinski definition) is 2. The van der Waals surface area contributed by atoms with Crippen LogP contribution in [0.3, 0.4) is 0 Å². The van der Waals surface area contributed by atoms with Gasteiger partial charge in [0.25, 0.3) is 0 Å². The maximum Gasteiger partial charge on any atom is 0.00897 e. The Morgan fingerprint density at radius 3 is 2.14 bits per heavy atom. The van der Waals surface area contributed by atoms with Gasteiger partial charge in [0.1, 0.15) is 0 Å². The quantitative estimate of drug-likeness (QED) is 0.477. The van der Waals surface area contributed by atoms with Gasteiger partial charge in [0.05, 0.1) is 0 Å². The van der Waals surface area contributed by atoms with Gasteiger partial charge in [0.2, 0.25) is 0 Å². The molecule has 1 saturated heterocycles. The molecular formula is C5H11NS. The zero-order valence-corrected chi connectivity index (χ0v) is 5.50. The first-order valence-electron chi connectivity index (χ1n) is 2.72. The van der Waals surface area contributed by atoms with Crippen LogP contribution in [0.25, 0.3) is 0 Å². The lowest BCUT2D eigenvalue weighted by molar-refractivity contribution is 0.589. The molecule has 0 aromatic heterocycles. The van der Waals surface area contributed by atoms with Crippen molar-refractivity contribution in [1.82, 2.24) is 4.31 Å². The van der Waals surface area contributed by atoms with E-state index in [0.29, 0.717) is 0 Å². The average molecular weight is 117 g/mol. The second-order valence-electron chi connectivity index (χ2n) is 1.82. The molecule has 7 heavy (non-hydrogen) atoms. The summed E-state index contributed by atoms with van der Waals surface area (Å²) in [6.07, 6.45) is 4.95. The highest BCUT2D eigenvalue weighted by Crippen LogP contribution is 2.14. The predicted octanol–water partition coefficient (Wildman–Crippen LogP) is 1.36. The first-order valence-corrected chi connectivity index (χ1v) is 3.90. The molecule has 0 unspecified atom stereocenters. The van der Waals surface area contributed by atoms with E-state index in [9.17, 15) is 0 Å². The van der Waals surface area contributed by atoms with Crippen molar-refractivity contribution in [2.24, 2.45) is 0 Å². The Morgan fingerprint density at radius 2 is 1.86 bits per heavy atom. The second kappa shape index (κ2) is 2.58. The summed E-state index contributed by atoms with van der Waals surface area (Å²) < 4.78 is 2.40. The normalized spacial score (nSPS) is 23.6. The molecule has 1 rings (SSSR count). The van der Waals surface area contributed by atoms with E-state index < -0.39 is 0 Å². The highest BCUT2D eigenvalue weighted by molar-refractivity contribution is 7.96. The monoisotopic (exact) mass is 117 g/mol. The minimum atomic E-state index is 1.31. The van der Waals surface area contributed by atoms with Crippen molar-refractivity contribution in [3.8, 4) is 0 Å². The van der Waals surface area contributed by atoms with Crippen molar-refractivity contribution in [1.29, 1.82) is 0 Å². The molecule has 0 saturated carbocycles. The zero-order valence-electron chi connectivity index (χ0n) is 4.68. The Bertz CT molecular complexity index is 50.0. The number of nitrogens with zero attached hydrogens (tertiary/aromatic N) is 1. The summed E-state index contributed by atoms with van der Waals surface area (Å²) in [5.41, 5.74) is 0. The molecule has 1 aliphatic rings. The van der Waals surface area contributed by atoms with E-state index >= 15 is 0 Å². The summed E-state index contributed by atoms with van der Waals surface area (Å²) in [7, 11) is 0. The zero-order chi connectivity index (χ0) is 5.11. The van der Waals surface area contributed by atoms with Crippen molar-refractivity contribution >= 4 is 11.9 Å². The van der Waals surface area contributed by atoms with E-state index in [1.165, 1.54) is 25.9 Å². The number of rotatable bonds is 1. The van der Waals surface area contributed by atoms with E-state index in [1.807, 2.05) is 11.9 Å². The lowest BCUT2D eigenvalue weighted by atomic mass is 10.4. The molecule has 1 aliphatic heterocycles. The van der Waals surface area contributed by atoms with Gasteiger partial charge in [0.15, 0.2) is 0 Å². The van der Waals surface area contributed by atoms with Gasteiger partial charge in [-0.05, 0) is 19.1 Å². The summed E-state index contributed by atoms with van der Waals surface area (Å²) >= 11 is 1.87. The van der Waals surface area contributed by atoms with Crippen molar-refractivity contribution < 1.29 is 0 Å². The lowest BCUT2D eigenvalue weighted by Gasteiger charge is -2.06. The van der Waals surface area contributed by atoms with Crippen LogP contribution in [0.5, 0.6) is 0 Å².